The van der Waals surface area contributed by atoms with Gasteiger partial charge >= 0.3 is 0 Å². The van der Waals surface area contributed by atoms with Crippen LogP contribution in [-0.2, 0) is 0 Å². The Labute approximate surface area is 108 Å². The summed E-state index contributed by atoms with van der Waals surface area (Å²) in [6, 6.07) is 6.27. The number of anilines is 2. The molecule has 1 aliphatic rings. The fraction of sp³-hybridized carbons (Fsp3) is 0.571. The van der Waals surface area contributed by atoms with Gasteiger partial charge < -0.3 is 20.5 Å². The van der Waals surface area contributed by atoms with Crippen LogP contribution in [0, 0.1) is 0 Å². The summed E-state index contributed by atoms with van der Waals surface area (Å²) in [7, 11) is 1.64. The van der Waals surface area contributed by atoms with E-state index in [0.29, 0.717) is 11.7 Å². The minimum absolute atomic E-state index is 0.227. The number of nitrogens with two attached hydrogens (primary N) is 1. The molecule has 1 aromatic carbocycles. The fourth-order valence-electron chi connectivity index (χ4n) is 2.73. The van der Waals surface area contributed by atoms with E-state index in [2.05, 4.69) is 4.90 Å². The van der Waals surface area contributed by atoms with Crippen molar-refractivity contribution >= 4 is 11.4 Å². The molecule has 1 heterocycles. The van der Waals surface area contributed by atoms with E-state index in [1.54, 1.807) is 7.11 Å². The number of aliphatic hydroxyl groups is 1. The molecule has 100 valence electrons. The second kappa shape index (κ2) is 5.96. The summed E-state index contributed by atoms with van der Waals surface area (Å²) in [5.41, 5.74) is 7.89. The van der Waals surface area contributed by atoms with Crippen molar-refractivity contribution in [2.45, 2.75) is 31.7 Å². The molecule has 0 radical (unpaired) electrons. The fourth-order valence-corrected chi connectivity index (χ4v) is 2.73. The monoisotopic (exact) mass is 250 g/mol. The van der Waals surface area contributed by atoms with Crippen LogP contribution in [0.1, 0.15) is 25.7 Å². The summed E-state index contributed by atoms with van der Waals surface area (Å²) in [5.74, 6) is 0.723. The lowest BCUT2D eigenvalue weighted by atomic mass is 9.98. The van der Waals surface area contributed by atoms with Crippen LogP contribution < -0.4 is 15.4 Å². The molecule has 1 saturated heterocycles. The molecule has 4 heteroatoms. The second-order valence-corrected chi connectivity index (χ2v) is 4.75. The van der Waals surface area contributed by atoms with Crippen molar-refractivity contribution in [3.63, 3.8) is 0 Å². The van der Waals surface area contributed by atoms with Crippen LogP contribution in [0.25, 0.3) is 0 Å². The van der Waals surface area contributed by atoms with E-state index in [4.69, 9.17) is 10.5 Å². The van der Waals surface area contributed by atoms with Crippen LogP contribution in [0.15, 0.2) is 18.2 Å². The lowest BCUT2D eigenvalue weighted by Gasteiger charge is -2.38. The van der Waals surface area contributed by atoms with Crippen LogP contribution in [0.5, 0.6) is 5.75 Å². The van der Waals surface area contributed by atoms with Gasteiger partial charge in [0.2, 0.25) is 0 Å². The third-order valence-electron chi connectivity index (χ3n) is 3.66. The average molecular weight is 250 g/mol. The highest BCUT2D eigenvalue weighted by Crippen LogP contribution is 2.35. The summed E-state index contributed by atoms with van der Waals surface area (Å²) in [6.45, 7) is 1.23. The SMILES string of the molecule is COc1cccc(N2CCCCC2CCO)c1N. The normalized spacial score (nSPS) is 19.9. The Morgan fingerprint density at radius 1 is 1.44 bits per heavy atom. The quantitative estimate of drug-likeness (QED) is 0.803. The molecule has 1 fully saturated rings. The molecular weight excluding hydrogens is 228 g/mol. The number of benzene rings is 1. The number of piperidine rings is 1. The first-order valence-corrected chi connectivity index (χ1v) is 6.58. The average Bonchev–Trinajstić information content (AvgIpc) is 2.40. The zero-order valence-corrected chi connectivity index (χ0v) is 10.9. The van der Waals surface area contributed by atoms with Gasteiger partial charge in [-0.15, -0.1) is 0 Å². The van der Waals surface area contributed by atoms with Crippen LogP contribution in [0.4, 0.5) is 11.4 Å². The number of methoxy groups -OCH3 is 1. The number of hydrogen-bond acceptors (Lipinski definition) is 4. The Morgan fingerprint density at radius 2 is 2.28 bits per heavy atom. The molecule has 0 saturated carbocycles. The number of nitrogens with zero attached hydrogens (tertiary/aromatic N) is 1. The van der Waals surface area contributed by atoms with Crippen molar-refractivity contribution in [2.75, 3.05) is 30.9 Å². The first-order chi connectivity index (χ1) is 8.77. The van der Waals surface area contributed by atoms with Crippen LogP contribution in [0.2, 0.25) is 0 Å². The lowest BCUT2D eigenvalue weighted by molar-refractivity contribution is 0.262. The zero-order chi connectivity index (χ0) is 13.0. The summed E-state index contributed by atoms with van der Waals surface area (Å²) in [5, 5.41) is 9.17. The molecule has 0 spiro atoms. The van der Waals surface area contributed by atoms with E-state index in [9.17, 15) is 5.11 Å². The smallest absolute Gasteiger partial charge is 0.143 e. The van der Waals surface area contributed by atoms with Crippen LogP contribution in [-0.4, -0.2) is 31.4 Å². The van der Waals surface area contributed by atoms with Crippen molar-refractivity contribution in [1.82, 2.24) is 0 Å². The Kier molecular flexibility index (Phi) is 4.31. The molecule has 2 rings (SSSR count). The van der Waals surface area contributed by atoms with Gasteiger partial charge in [-0.25, -0.2) is 0 Å². The number of hydrogen-bond donors (Lipinski definition) is 2. The zero-order valence-electron chi connectivity index (χ0n) is 10.9. The van der Waals surface area contributed by atoms with E-state index < -0.39 is 0 Å². The summed E-state index contributed by atoms with van der Waals surface area (Å²) >= 11 is 0. The first kappa shape index (κ1) is 13.0. The van der Waals surface area contributed by atoms with E-state index >= 15 is 0 Å². The van der Waals surface area contributed by atoms with Crippen LogP contribution >= 0.6 is 0 Å². The predicted molar refractivity (Wildman–Crippen MR) is 74.1 cm³/mol. The third-order valence-corrected chi connectivity index (χ3v) is 3.66. The van der Waals surface area contributed by atoms with Gasteiger partial charge in [0.1, 0.15) is 5.75 Å². The van der Waals surface area contributed by atoms with Gasteiger partial charge in [0, 0.05) is 19.2 Å². The topological polar surface area (TPSA) is 58.7 Å². The molecule has 3 N–H and O–H groups in total. The molecule has 1 aliphatic heterocycles. The molecule has 1 atom stereocenters. The van der Waals surface area contributed by atoms with Crippen molar-refractivity contribution in [3.8, 4) is 5.75 Å². The molecule has 4 nitrogen and oxygen atoms in total. The van der Waals surface area contributed by atoms with E-state index in [0.717, 1.165) is 30.8 Å². The van der Waals surface area contributed by atoms with Gasteiger partial charge in [0.05, 0.1) is 18.5 Å². The Bertz CT molecular complexity index is 393. The largest absolute Gasteiger partial charge is 0.495 e. The number of ether oxygens (including phenoxy) is 1. The maximum Gasteiger partial charge on any atom is 0.143 e. The third kappa shape index (κ3) is 2.53. The molecule has 1 aromatic rings. The number of aliphatic hydroxyl groups excluding tert-OH is 1. The lowest BCUT2D eigenvalue weighted by Crippen LogP contribution is -2.40. The van der Waals surface area contributed by atoms with Gasteiger partial charge in [-0.1, -0.05) is 6.07 Å². The molecule has 0 bridgehead atoms. The second-order valence-electron chi connectivity index (χ2n) is 4.75. The summed E-state index contributed by atoms with van der Waals surface area (Å²) < 4.78 is 5.27. The van der Waals surface area contributed by atoms with Gasteiger partial charge in [0.15, 0.2) is 0 Å². The Morgan fingerprint density at radius 3 is 3.00 bits per heavy atom. The van der Waals surface area contributed by atoms with Gasteiger partial charge in [-0.2, -0.15) is 0 Å². The standard InChI is InChI=1S/C14H22N2O2/c1-18-13-7-4-6-12(14(13)15)16-9-3-2-5-11(16)8-10-17/h4,6-7,11,17H,2-3,5,8-10,15H2,1H3. The number of nitrogen functional groups attached to an aromatic ring is 1. The number of para-hydroxylation sites is 1. The maximum atomic E-state index is 9.17. The minimum atomic E-state index is 0.227. The van der Waals surface area contributed by atoms with Crippen molar-refractivity contribution in [1.29, 1.82) is 0 Å². The Hall–Kier alpha value is -1.42. The van der Waals surface area contributed by atoms with Crippen LogP contribution in [0.3, 0.4) is 0 Å². The van der Waals surface area contributed by atoms with Crippen molar-refractivity contribution < 1.29 is 9.84 Å². The molecule has 0 amide bonds. The van der Waals surface area contributed by atoms with Crippen molar-refractivity contribution in [3.05, 3.63) is 18.2 Å². The molecule has 1 unspecified atom stereocenters. The Balaban J connectivity index is 2.27. The molecule has 0 aliphatic carbocycles. The van der Waals surface area contributed by atoms with Gasteiger partial charge in [-0.05, 0) is 37.8 Å². The molecular formula is C14H22N2O2. The summed E-state index contributed by atoms with van der Waals surface area (Å²) in [4.78, 5) is 2.32. The highest BCUT2D eigenvalue weighted by molar-refractivity contribution is 5.74. The summed E-state index contributed by atoms with van der Waals surface area (Å²) in [6.07, 6.45) is 4.33. The van der Waals surface area contributed by atoms with E-state index in [-0.39, 0.29) is 6.61 Å². The molecule has 18 heavy (non-hydrogen) atoms. The van der Waals surface area contributed by atoms with Gasteiger partial charge in [0.25, 0.3) is 0 Å². The molecule has 0 aromatic heterocycles. The highest BCUT2D eigenvalue weighted by atomic mass is 16.5. The van der Waals surface area contributed by atoms with Crippen molar-refractivity contribution in [2.24, 2.45) is 0 Å². The van der Waals surface area contributed by atoms with E-state index in [1.807, 2.05) is 18.2 Å². The highest BCUT2D eigenvalue weighted by Gasteiger charge is 2.24. The van der Waals surface area contributed by atoms with Gasteiger partial charge in [-0.3, -0.25) is 0 Å². The predicted octanol–water partition coefficient (Wildman–Crippen LogP) is 2.02. The van der Waals surface area contributed by atoms with E-state index in [1.165, 1.54) is 12.8 Å². The first-order valence-electron chi connectivity index (χ1n) is 6.58. The number of rotatable bonds is 4. The maximum absolute atomic E-state index is 9.17. The minimum Gasteiger partial charge on any atom is -0.495 e.